The molecule has 2 heterocycles. The van der Waals surface area contributed by atoms with Crippen molar-refractivity contribution in [2.45, 2.75) is 18.9 Å². The average molecular weight is 370 g/mol. The number of methoxy groups -OCH3 is 1. The number of carbonyl (C=O) groups excluding carboxylic acids is 2. The van der Waals surface area contributed by atoms with E-state index in [0.29, 0.717) is 11.4 Å². The lowest BCUT2D eigenvalue weighted by atomic mass is 9.80. The molecule has 1 aliphatic rings. The van der Waals surface area contributed by atoms with Gasteiger partial charge < -0.3 is 10.1 Å². The van der Waals surface area contributed by atoms with Crippen LogP contribution in [0.1, 0.15) is 39.4 Å². The third-order valence-corrected chi connectivity index (χ3v) is 4.49. The predicted octanol–water partition coefficient (Wildman–Crippen LogP) is 2.63. The third-order valence-electron chi connectivity index (χ3n) is 4.49. The zero-order valence-electron chi connectivity index (χ0n) is 15.2. The standard InChI is InChI=1S/C19H19FN4O3/c1-5-6-10(2)16-15(18-21-9-22-24(18)3)17(25)14-12(19(26)27-4)7-11(20)8-13(14)23-16/h5-9,15-16,23H,2H2,1,3-4H3/b6-5-. The van der Waals surface area contributed by atoms with Gasteiger partial charge in [0.2, 0.25) is 0 Å². The van der Waals surface area contributed by atoms with Gasteiger partial charge in [0.1, 0.15) is 23.9 Å². The summed E-state index contributed by atoms with van der Waals surface area (Å²) >= 11 is 0. The number of esters is 1. The third kappa shape index (κ3) is 3.14. The zero-order valence-corrected chi connectivity index (χ0v) is 15.2. The van der Waals surface area contributed by atoms with E-state index >= 15 is 0 Å². The van der Waals surface area contributed by atoms with E-state index in [1.54, 1.807) is 19.2 Å². The molecular weight excluding hydrogens is 351 g/mol. The molecule has 1 N–H and O–H groups in total. The first-order valence-corrected chi connectivity index (χ1v) is 8.27. The molecule has 8 heteroatoms. The number of fused-ring (bicyclic) bond motifs is 1. The summed E-state index contributed by atoms with van der Waals surface area (Å²) in [5.41, 5.74) is 0.774. The number of carbonyl (C=O) groups is 2. The van der Waals surface area contributed by atoms with E-state index in [9.17, 15) is 14.0 Å². The molecule has 2 aromatic rings. The molecule has 0 amide bonds. The first-order valence-electron chi connectivity index (χ1n) is 8.27. The van der Waals surface area contributed by atoms with Crippen LogP contribution in [0.2, 0.25) is 0 Å². The van der Waals surface area contributed by atoms with Crippen LogP contribution in [-0.4, -0.2) is 39.7 Å². The second-order valence-corrected chi connectivity index (χ2v) is 6.15. The number of ether oxygens (including phenoxy) is 1. The summed E-state index contributed by atoms with van der Waals surface area (Å²) in [6.45, 7) is 5.85. The van der Waals surface area contributed by atoms with Crippen molar-refractivity contribution in [2.24, 2.45) is 7.05 Å². The zero-order chi connectivity index (χ0) is 19.7. The normalized spacial score (nSPS) is 18.9. The minimum absolute atomic E-state index is 0.0702. The van der Waals surface area contributed by atoms with Gasteiger partial charge in [-0.1, -0.05) is 18.7 Å². The Morgan fingerprint density at radius 1 is 1.44 bits per heavy atom. The van der Waals surface area contributed by atoms with E-state index in [2.05, 4.69) is 22.0 Å². The summed E-state index contributed by atoms with van der Waals surface area (Å²) in [4.78, 5) is 29.8. The van der Waals surface area contributed by atoms with Gasteiger partial charge in [0.15, 0.2) is 5.78 Å². The number of allylic oxidation sites excluding steroid dienone is 1. The molecule has 0 bridgehead atoms. The Bertz CT molecular complexity index is 964. The highest BCUT2D eigenvalue weighted by Gasteiger charge is 2.42. The lowest BCUT2D eigenvalue weighted by Crippen LogP contribution is -2.41. The van der Waals surface area contributed by atoms with Gasteiger partial charge in [0.25, 0.3) is 0 Å². The van der Waals surface area contributed by atoms with Crippen molar-refractivity contribution in [3.8, 4) is 0 Å². The van der Waals surface area contributed by atoms with Crippen molar-refractivity contribution < 1.29 is 18.7 Å². The van der Waals surface area contributed by atoms with Gasteiger partial charge in [-0.05, 0) is 24.6 Å². The number of hydrogen-bond acceptors (Lipinski definition) is 6. The maximum absolute atomic E-state index is 14.1. The Labute approximate surface area is 155 Å². The average Bonchev–Trinajstić information content (AvgIpc) is 3.05. The van der Waals surface area contributed by atoms with Crippen LogP contribution in [0, 0.1) is 5.82 Å². The molecule has 140 valence electrons. The molecule has 2 unspecified atom stereocenters. The van der Waals surface area contributed by atoms with Crippen molar-refractivity contribution >= 4 is 17.4 Å². The lowest BCUT2D eigenvalue weighted by molar-refractivity contribution is 0.0595. The van der Waals surface area contributed by atoms with E-state index in [1.165, 1.54) is 24.2 Å². The maximum Gasteiger partial charge on any atom is 0.338 e. The predicted molar refractivity (Wildman–Crippen MR) is 97.2 cm³/mol. The van der Waals surface area contributed by atoms with Crippen LogP contribution in [0.4, 0.5) is 10.1 Å². The van der Waals surface area contributed by atoms with Crippen LogP contribution in [0.5, 0.6) is 0 Å². The quantitative estimate of drug-likeness (QED) is 0.658. The van der Waals surface area contributed by atoms with Gasteiger partial charge in [-0.3, -0.25) is 9.48 Å². The van der Waals surface area contributed by atoms with Gasteiger partial charge in [-0.15, -0.1) is 0 Å². The fraction of sp³-hybridized carbons (Fsp3) is 0.263. The molecular formula is C19H19FN4O3. The van der Waals surface area contributed by atoms with Crippen LogP contribution in [0.25, 0.3) is 0 Å². The van der Waals surface area contributed by atoms with Crippen molar-refractivity contribution in [2.75, 3.05) is 12.4 Å². The summed E-state index contributed by atoms with van der Waals surface area (Å²) < 4.78 is 20.3. The van der Waals surface area contributed by atoms with Crippen molar-refractivity contribution in [3.05, 3.63) is 65.5 Å². The van der Waals surface area contributed by atoms with Crippen molar-refractivity contribution in [3.63, 3.8) is 0 Å². The number of benzene rings is 1. The van der Waals surface area contributed by atoms with Crippen LogP contribution in [0.15, 0.2) is 42.8 Å². The van der Waals surface area contributed by atoms with Gasteiger partial charge >= 0.3 is 5.97 Å². The number of Topliss-reactive ketones (excluding diaryl/α,β-unsaturated/α-hetero) is 1. The fourth-order valence-corrected chi connectivity index (χ4v) is 3.29. The second kappa shape index (κ2) is 7.14. The van der Waals surface area contributed by atoms with Crippen LogP contribution < -0.4 is 5.32 Å². The fourth-order valence-electron chi connectivity index (χ4n) is 3.29. The summed E-state index contributed by atoms with van der Waals surface area (Å²) in [7, 11) is 2.85. The smallest absolute Gasteiger partial charge is 0.338 e. The highest BCUT2D eigenvalue weighted by molar-refractivity contribution is 6.14. The maximum atomic E-state index is 14.1. The number of hydrogen-bond donors (Lipinski definition) is 1. The summed E-state index contributed by atoms with van der Waals surface area (Å²) in [5, 5.41) is 7.17. The minimum Gasteiger partial charge on any atom is -0.465 e. The Kier molecular flexibility index (Phi) is 4.89. The number of rotatable bonds is 4. The van der Waals surface area contributed by atoms with E-state index in [0.717, 1.165) is 6.07 Å². The van der Waals surface area contributed by atoms with Crippen molar-refractivity contribution in [1.82, 2.24) is 14.8 Å². The molecule has 0 saturated heterocycles. The summed E-state index contributed by atoms with van der Waals surface area (Å²) in [6.07, 6.45) is 4.91. The Morgan fingerprint density at radius 2 is 2.19 bits per heavy atom. The van der Waals surface area contributed by atoms with Crippen LogP contribution >= 0.6 is 0 Å². The van der Waals surface area contributed by atoms with E-state index < -0.39 is 23.7 Å². The number of nitrogens with zero attached hydrogens (tertiary/aromatic N) is 3. The molecule has 0 radical (unpaired) electrons. The number of halogens is 1. The molecule has 27 heavy (non-hydrogen) atoms. The highest BCUT2D eigenvalue weighted by Crippen LogP contribution is 2.38. The molecule has 2 atom stereocenters. The molecule has 0 aliphatic carbocycles. The minimum atomic E-state index is -0.789. The number of ketones is 1. The number of anilines is 1. The first kappa shape index (κ1) is 18.5. The van der Waals surface area contributed by atoms with Gasteiger partial charge in [0.05, 0.1) is 24.3 Å². The molecule has 0 saturated carbocycles. The van der Waals surface area contributed by atoms with E-state index in [4.69, 9.17) is 4.74 Å². The largest absolute Gasteiger partial charge is 0.465 e. The van der Waals surface area contributed by atoms with Crippen molar-refractivity contribution in [1.29, 1.82) is 0 Å². The van der Waals surface area contributed by atoms with Gasteiger partial charge in [-0.2, -0.15) is 5.10 Å². The number of aryl methyl sites for hydroxylation is 1. The lowest BCUT2D eigenvalue weighted by Gasteiger charge is -2.34. The Hall–Kier alpha value is -3.29. The molecule has 1 aromatic heterocycles. The monoisotopic (exact) mass is 370 g/mol. The number of aromatic nitrogens is 3. The van der Waals surface area contributed by atoms with Gasteiger partial charge in [0, 0.05) is 12.7 Å². The van der Waals surface area contributed by atoms with E-state index in [1.807, 2.05) is 6.92 Å². The number of nitrogens with one attached hydrogen (secondary N) is 1. The Balaban J connectivity index is 2.23. The molecule has 3 rings (SSSR count). The van der Waals surface area contributed by atoms with Gasteiger partial charge in [-0.25, -0.2) is 14.2 Å². The molecule has 7 nitrogen and oxygen atoms in total. The molecule has 0 fully saturated rings. The van der Waals surface area contributed by atoms with E-state index in [-0.39, 0.29) is 22.6 Å². The Morgan fingerprint density at radius 3 is 2.78 bits per heavy atom. The van der Waals surface area contributed by atoms with Crippen LogP contribution in [0.3, 0.4) is 0 Å². The summed E-state index contributed by atoms with van der Waals surface area (Å²) in [6, 6.07) is 1.61. The molecule has 1 aliphatic heterocycles. The molecule has 1 aromatic carbocycles. The van der Waals surface area contributed by atoms with Crippen LogP contribution in [-0.2, 0) is 11.8 Å². The highest BCUT2D eigenvalue weighted by atomic mass is 19.1. The topological polar surface area (TPSA) is 86.1 Å². The summed E-state index contributed by atoms with van der Waals surface area (Å²) in [5.74, 6) is -2.20. The second-order valence-electron chi connectivity index (χ2n) is 6.15. The first-order chi connectivity index (χ1) is 12.9. The molecule has 0 spiro atoms. The SMILES string of the molecule is C=C(/C=C\C)C1Nc2cc(F)cc(C(=O)OC)c2C(=O)C1c1ncnn1C.